The molecule has 2 amide bonds. The van der Waals surface area contributed by atoms with Gasteiger partial charge in [-0.25, -0.2) is 0 Å². The molecule has 0 spiro atoms. The number of benzene rings is 1. The van der Waals surface area contributed by atoms with Gasteiger partial charge >= 0.3 is 5.97 Å². The summed E-state index contributed by atoms with van der Waals surface area (Å²) < 4.78 is 0. The minimum atomic E-state index is -0.771. The SMILES string of the molecule is O=C(NCCNC(=O)C1CCC(C(=O)O)CC1)c1ccccc1. The van der Waals surface area contributed by atoms with Crippen LogP contribution in [0.15, 0.2) is 30.3 Å². The fourth-order valence-corrected chi connectivity index (χ4v) is 2.80. The number of nitrogens with one attached hydrogen (secondary N) is 2. The minimum Gasteiger partial charge on any atom is -0.481 e. The van der Waals surface area contributed by atoms with Crippen molar-refractivity contribution < 1.29 is 19.5 Å². The average molecular weight is 318 g/mol. The van der Waals surface area contributed by atoms with E-state index >= 15 is 0 Å². The Kier molecular flexibility index (Phi) is 6.14. The molecule has 0 aromatic heterocycles. The van der Waals surface area contributed by atoms with Crippen molar-refractivity contribution in [2.75, 3.05) is 13.1 Å². The highest BCUT2D eigenvalue weighted by molar-refractivity contribution is 5.94. The van der Waals surface area contributed by atoms with Crippen molar-refractivity contribution in [3.63, 3.8) is 0 Å². The molecular formula is C17H22N2O4. The number of hydrogen-bond donors (Lipinski definition) is 3. The van der Waals surface area contributed by atoms with Gasteiger partial charge in [-0.05, 0) is 37.8 Å². The van der Waals surface area contributed by atoms with Crippen LogP contribution in [-0.4, -0.2) is 36.0 Å². The normalized spacial score (nSPS) is 20.5. The first-order valence-corrected chi connectivity index (χ1v) is 7.91. The summed E-state index contributed by atoms with van der Waals surface area (Å²) in [5.41, 5.74) is 0.589. The van der Waals surface area contributed by atoms with Crippen LogP contribution in [0.3, 0.4) is 0 Å². The number of carboxylic acids is 1. The van der Waals surface area contributed by atoms with Gasteiger partial charge in [-0.2, -0.15) is 0 Å². The number of carboxylic acid groups (broad SMARTS) is 1. The third-order valence-corrected chi connectivity index (χ3v) is 4.19. The van der Waals surface area contributed by atoms with Gasteiger partial charge in [0.1, 0.15) is 0 Å². The summed E-state index contributed by atoms with van der Waals surface area (Å²) in [5.74, 6) is -1.42. The highest BCUT2D eigenvalue weighted by Crippen LogP contribution is 2.28. The topological polar surface area (TPSA) is 95.5 Å². The zero-order valence-electron chi connectivity index (χ0n) is 13.0. The largest absolute Gasteiger partial charge is 0.481 e. The predicted molar refractivity (Wildman–Crippen MR) is 84.9 cm³/mol. The summed E-state index contributed by atoms with van der Waals surface area (Å²) >= 11 is 0. The van der Waals surface area contributed by atoms with Crippen LogP contribution >= 0.6 is 0 Å². The molecule has 0 aliphatic heterocycles. The van der Waals surface area contributed by atoms with Gasteiger partial charge in [-0.3, -0.25) is 14.4 Å². The average Bonchev–Trinajstić information content (AvgIpc) is 2.59. The lowest BCUT2D eigenvalue weighted by Crippen LogP contribution is -2.39. The Hall–Kier alpha value is -2.37. The fraction of sp³-hybridized carbons (Fsp3) is 0.471. The lowest BCUT2D eigenvalue weighted by Gasteiger charge is -2.25. The van der Waals surface area contributed by atoms with E-state index in [4.69, 9.17) is 5.11 Å². The summed E-state index contributed by atoms with van der Waals surface area (Å²) in [5, 5.41) is 14.5. The standard InChI is InChI=1S/C17H22N2O4/c20-15(12-4-2-1-3-5-12)18-10-11-19-16(21)13-6-8-14(9-7-13)17(22)23/h1-5,13-14H,6-11H2,(H,18,20)(H,19,21)(H,22,23). The van der Waals surface area contributed by atoms with Crippen LogP contribution in [0, 0.1) is 11.8 Å². The Morgan fingerprint density at radius 3 is 2.09 bits per heavy atom. The number of rotatable bonds is 6. The van der Waals surface area contributed by atoms with E-state index in [9.17, 15) is 14.4 Å². The number of aliphatic carboxylic acids is 1. The van der Waals surface area contributed by atoms with Crippen molar-refractivity contribution in [1.29, 1.82) is 0 Å². The summed E-state index contributed by atoms with van der Waals surface area (Å²) in [6, 6.07) is 8.90. The molecule has 0 radical (unpaired) electrons. The zero-order chi connectivity index (χ0) is 16.7. The van der Waals surface area contributed by atoms with Gasteiger partial charge in [0, 0.05) is 24.6 Å². The van der Waals surface area contributed by atoms with E-state index in [1.807, 2.05) is 6.07 Å². The summed E-state index contributed by atoms with van der Waals surface area (Å²) in [4.78, 5) is 34.7. The summed E-state index contributed by atoms with van der Waals surface area (Å²) in [7, 11) is 0. The molecule has 1 aromatic carbocycles. The van der Waals surface area contributed by atoms with Crippen molar-refractivity contribution in [2.45, 2.75) is 25.7 Å². The molecule has 2 rings (SSSR count). The number of carbonyl (C=O) groups excluding carboxylic acids is 2. The second-order valence-corrected chi connectivity index (χ2v) is 5.80. The van der Waals surface area contributed by atoms with Crippen LogP contribution in [0.1, 0.15) is 36.0 Å². The molecule has 3 N–H and O–H groups in total. The van der Waals surface area contributed by atoms with E-state index < -0.39 is 5.97 Å². The van der Waals surface area contributed by atoms with Gasteiger partial charge in [0.2, 0.25) is 5.91 Å². The maximum atomic E-state index is 12.0. The molecule has 0 saturated heterocycles. The Balaban J connectivity index is 1.64. The monoisotopic (exact) mass is 318 g/mol. The number of hydrogen-bond acceptors (Lipinski definition) is 3. The van der Waals surface area contributed by atoms with Gasteiger partial charge in [0.15, 0.2) is 0 Å². The van der Waals surface area contributed by atoms with Crippen LogP contribution in [0.25, 0.3) is 0 Å². The van der Waals surface area contributed by atoms with Crippen LogP contribution in [-0.2, 0) is 9.59 Å². The molecular weight excluding hydrogens is 296 g/mol. The van der Waals surface area contributed by atoms with Crippen molar-refractivity contribution in [3.05, 3.63) is 35.9 Å². The third-order valence-electron chi connectivity index (χ3n) is 4.19. The lowest BCUT2D eigenvalue weighted by molar-refractivity contribution is -0.144. The number of carbonyl (C=O) groups is 3. The molecule has 1 aromatic rings. The van der Waals surface area contributed by atoms with E-state index in [-0.39, 0.29) is 23.7 Å². The first-order valence-electron chi connectivity index (χ1n) is 7.91. The Labute approximate surface area is 135 Å². The van der Waals surface area contributed by atoms with Gasteiger partial charge in [0.25, 0.3) is 5.91 Å². The van der Waals surface area contributed by atoms with E-state index in [1.54, 1.807) is 24.3 Å². The number of amides is 2. The van der Waals surface area contributed by atoms with E-state index in [2.05, 4.69) is 10.6 Å². The molecule has 1 aliphatic carbocycles. The zero-order valence-corrected chi connectivity index (χ0v) is 13.0. The molecule has 0 bridgehead atoms. The highest BCUT2D eigenvalue weighted by Gasteiger charge is 2.29. The second kappa shape index (κ2) is 8.31. The quantitative estimate of drug-likeness (QED) is 0.691. The maximum absolute atomic E-state index is 12.0. The molecule has 6 nitrogen and oxygen atoms in total. The van der Waals surface area contributed by atoms with Gasteiger partial charge in [0.05, 0.1) is 5.92 Å². The van der Waals surface area contributed by atoms with Gasteiger partial charge < -0.3 is 15.7 Å². The van der Waals surface area contributed by atoms with Crippen molar-refractivity contribution in [3.8, 4) is 0 Å². The molecule has 0 atom stereocenters. The molecule has 1 aliphatic rings. The Bertz CT molecular complexity index is 551. The van der Waals surface area contributed by atoms with Gasteiger partial charge in [-0.15, -0.1) is 0 Å². The molecule has 23 heavy (non-hydrogen) atoms. The lowest BCUT2D eigenvalue weighted by atomic mass is 9.81. The minimum absolute atomic E-state index is 0.0530. The predicted octanol–water partition coefficient (Wildman–Crippen LogP) is 1.42. The molecule has 0 unspecified atom stereocenters. The third kappa shape index (κ3) is 5.09. The van der Waals surface area contributed by atoms with Crippen molar-refractivity contribution >= 4 is 17.8 Å². The van der Waals surface area contributed by atoms with Crippen LogP contribution in [0.5, 0.6) is 0 Å². The molecule has 0 heterocycles. The van der Waals surface area contributed by atoms with E-state index in [0.717, 1.165) is 0 Å². The highest BCUT2D eigenvalue weighted by atomic mass is 16.4. The Morgan fingerprint density at radius 1 is 0.913 bits per heavy atom. The molecule has 1 fully saturated rings. The smallest absolute Gasteiger partial charge is 0.306 e. The van der Waals surface area contributed by atoms with Crippen LogP contribution in [0.2, 0.25) is 0 Å². The summed E-state index contributed by atoms with van der Waals surface area (Å²) in [6.45, 7) is 0.736. The summed E-state index contributed by atoms with van der Waals surface area (Å²) in [6.07, 6.45) is 2.33. The first kappa shape index (κ1) is 17.0. The Morgan fingerprint density at radius 2 is 1.48 bits per heavy atom. The van der Waals surface area contributed by atoms with Crippen molar-refractivity contribution in [1.82, 2.24) is 10.6 Å². The fourth-order valence-electron chi connectivity index (χ4n) is 2.80. The maximum Gasteiger partial charge on any atom is 0.306 e. The van der Waals surface area contributed by atoms with Crippen LogP contribution in [0.4, 0.5) is 0 Å². The second-order valence-electron chi connectivity index (χ2n) is 5.80. The molecule has 6 heteroatoms. The van der Waals surface area contributed by atoms with Gasteiger partial charge in [-0.1, -0.05) is 18.2 Å². The van der Waals surface area contributed by atoms with E-state index in [1.165, 1.54) is 0 Å². The van der Waals surface area contributed by atoms with Crippen LogP contribution < -0.4 is 10.6 Å². The van der Waals surface area contributed by atoms with Crippen molar-refractivity contribution in [2.24, 2.45) is 11.8 Å². The molecule has 1 saturated carbocycles. The first-order chi connectivity index (χ1) is 11.1. The molecule has 124 valence electrons. The van der Waals surface area contributed by atoms with E-state index in [0.29, 0.717) is 44.3 Å².